The maximum absolute atomic E-state index is 3.45. The number of hydrogen-bond acceptors (Lipinski definition) is 3. The molecule has 0 aromatic heterocycles. The van der Waals surface area contributed by atoms with Gasteiger partial charge in [0.2, 0.25) is 0 Å². The fourth-order valence-electron chi connectivity index (χ4n) is 1.79. The molecule has 2 unspecified atom stereocenters. The van der Waals surface area contributed by atoms with Crippen LogP contribution in [0.15, 0.2) is 0 Å². The van der Waals surface area contributed by atoms with Gasteiger partial charge in [0.25, 0.3) is 0 Å². The van der Waals surface area contributed by atoms with E-state index in [0.717, 1.165) is 13.1 Å². The average Bonchev–Trinajstić information content (AvgIpc) is 2.05. The van der Waals surface area contributed by atoms with Crippen molar-refractivity contribution in [1.29, 1.82) is 0 Å². The third-order valence-corrected chi connectivity index (χ3v) is 2.52. The summed E-state index contributed by atoms with van der Waals surface area (Å²) in [5, 5.41) is 6.66. The van der Waals surface area contributed by atoms with E-state index in [1.54, 1.807) is 0 Å². The monoisotopic (exact) mass is 171 g/mol. The summed E-state index contributed by atoms with van der Waals surface area (Å²) >= 11 is 0. The lowest BCUT2D eigenvalue weighted by Gasteiger charge is -2.36. The van der Waals surface area contributed by atoms with Crippen LogP contribution in [0, 0.1) is 0 Å². The maximum atomic E-state index is 3.45. The molecule has 0 amide bonds. The smallest absolute Gasteiger partial charge is 0.0193 e. The molecule has 0 spiro atoms. The first kappa shape index (κ1) is 9.96. The molecule has 1 heterocycles. The lowest BCUT2D eigenvalue weighted by atomic mass is 10.2. The van der Waals surface area contributed by atoms with Crippen molar-refractivity contribution < 1.29 is 0 Å². The van der Waals surface area contributed by atoms with Crippen LogP contribution in [-0.4, -0.2) is 50.2 Å². The summed E-state index contributed by atoms with van der Waals surface area (Å²) in [6.45, 7) is 9.13. The summed E-state index contributed by atoms with van der Waals surface area (Å²) < 4.78 is 0. The first-order chi connectivity index (χ1) is 5.74. The average molecular weight is 171 g/mol. The molecule has 0 saturated carbocycles. The van der Waals surface area contributed by atoms with Crippen molar-refractivity contribution in [3.8, 4) is 0 Å². The van der Waals surface area contributed by atoms with Crippen LogP contribution >= 0.6 is 0 Å². The van der Waals surface area contributed by atoms with Gasteiger partial charge in [-0.2, -0.15) is 0 Å². The molecular weight excluding hydrogens is 150 g/mol. The summed E-state index contributed by atoms with van der Waals surface area (Å²) in [6.07, 6.45) is 0. The molecule has 2 N–H and O–H groups in total. The van der Waals surface area contributed by atoms with Crippen molar-refractivity contribution in [3.63, 3.8) is 0 Å². The van der Waals surface area contributed by atoms with Gasteiger partial charge < -0.3 is 10.6 Å². The molecule has 0 aromatic rings. The minimum atomic E-state index is 0.651. The fraction of sp³-hybridized carbons (Fsp3) is 1.00. The minimum absolute atomic E-state index is 0.651. The molecule has 72 valence electrons. The second-order valence-electron chi connectivity index (χ2n) is 3.76. The molecule has 3 heteroatoms. The second kappa shape index (κ2) is 4.80. The minimum Gasteiger partial charge on any atom is -0.318 e. The van der Waals surface area contributed by atoms with Crippen molar-refractivity contribution in [3.05, 3.63) is 0 Å². The van der Waals surface area contributed by atoms with Crippen molar-refractivity contribution in [2.45, 2.75) is 25.9 Å². The van der Waals surface area contributed by atoms with Crippen LogP contribution in [0.2, 0.25) is 0 Å². The van der Waals surface area contributed by atoms with Crippen LogP contribution in [-0.2, 0) is 0 Å². The Morgan fingerprint density at radius 2 is 2.42 bits per heavy atom. The van der Waals surface area contributed by atoms with Crippen LogP contribution in [0.1, 0.15) is 13.8 Å². The number of nitrogens with one attached hydrogen (secondary N) is 2. The molecule has 1 aliphatic rings. The highest BCUT2D eigenvalue weighted by Gasteiger charge is 2.19. The number of piperazine rings is 1. The topological polar surface area (TPSA) is 27.3 Å². The van der Waals surface area contributed by atoms with Gasteiger partial charge in [0, 0.05) is 38.3 Å². The Hall–Kier alpha value is -0.120. The van der Waals surface area contributed by atoms with Crippen LogP contribution < -0.4 is 10.6 Å². The van der Waals surface area contributed by atoms with E-state index < -0.39 is 0 Å². The predicted molar refractivity (Wildman–Crippen MR) is 52.4 cm³/mol. The van der Waals surface area contributed by atoms with E-state index in [1.165, 1.54) is 13.1 Å². The van der Waals surface area contributed by atoms with Gasteiger partial charge in [0.05, 0.1) is 0 Å². The van der Waals surface area contributed by atoms with Crippen molar-refractivity contribution >= 4 is 0 Å². The summed E-state index contributed by atoms with van der Waals surface area (Å²) in [6, 6.07) is 1.32. The largest absolute Gasteiger partial charge is 0.318 e. The SMILES string of the molecule is CNCC(C)N1CCNC(C)C1. The second-order valence-corrected chi connectivity index (χ2v) is 3.76. The Kier molecular flexibility index (Phi) is 3.98. The van der Waals surface area contributed by atoms with Crippen molar-refractivity contribution in [2.75, 3.05) is 33.2 Å². The molecule has 1 saturated heterocycles. The Balaban J connectivity index is 2.29. The molecule has 1 fully saturated rings. The standard InChI is InChI=1S/C9H21N3/c1-8-7-12(5-4-11-8)9(2)6-10-3/h8-11H,4-7H2,1-3H3. The van der Waals surface area contributed by atoms with Crippen LogP contribution in [0.3, 0.4) is 0 Å². The first-order valence-corrected chi connectivity index (χ1v) is 4.86. The van der Waals surface area contributed by atoms with Crippen LogP contribution in [0.4, 0.5) is 0 Å². The molecule has 0 radical (unpaired) electrons. The molecule has 12 heavy (non-hydrogen) atoms. The van der Waals surface area contributed by atoms with E-state index >= 15 is 0 Å². The summed E-state index contributed by atoms with van der Waals surface area (Å²) in [5.74, 6) is 0. The van der Waals surface area contributed by atoms with Gasteiger partial charge >= 0.3 is 0 Å². The lowest BCUT2D eigenvalue weighted by molar-refractivity contribution is 0.157. The van der Waals surface area contributed by atoms with E-state index in [9.17, 15) is 0 Å². The molecule has 0 aromatic carbocycles. The molecule has 0 bridgehead atoms. The van der Waals surface area contributed by atoms with Gasteiger partial charge in [-0.1, -0.05) is 0 Å². The highest BCUT2D eigenvalue weighted by atomic mass is 15.2. The number of nitrogens with zero attached hydrogens (tertiary/aromatic N) is 1. The zero-order valence-electron chi connectivity index (χ0n) is 8.43. The van der Waals surface area contributed by atoms with Gasteiger partial charge in [-0.3, -0.25) is 4.90 Å². The molecular formula is C9H21N3. The Labute approximate surface area is 75.5 Å². The quantitative estimate of drug-likeness (QED) is 0.620. The fourth-order valence-corrected chi connectivity index (χ4v) is 1.79. The van der Waals surface area contributed by atoms with Gasteiger partial charge in [0.15, 0.2) is 0 Å². The Bertz CT molecular complexity index is 127. The number of rotatable bonds is 3. The summed E-state index contributed by atoms with van der Waals surface area (Å²) in [7, 11) is 2.02. The lowest BCUT2D eigenvalue weighted by Crippen LogP contribution is -2.53. The zero-order valence-corrected chi connectivity index (χ0v) is 8.43. The molecule has 0 aliphatic carbocycles. The predicted octanol–water partition coefficient (Wildman–Crippen LogP) is -0.112. The normalized spacial score (nSPS) is 28.8. The summed E-state index contributed by atoms with van der Waals surface area (Å²) in [5.41, 5.74) is 0. The first-order valence-electron chi connectivity index (χ1n) is 4.86. The third-order valence-electron chi connectivity index (χ3n) is 2.52. The highest BCUT2D eigenvalue weighted by molar-refractivity contribution is 4.79. The van der Waals surface area contributed by atoms with Gasteiger partial charge in [-0.15, -0.1) is 0 Å². The highest BCUT2D eigenvalue weighted by Crippen LogP contribution is 2.03. The molecule has 1 rings (SSSR count). The Morgan fingerprint density at radius 1 is 1.67 bits per heavy atom. The third kappa shape index (κ3) is 2.73. The summed E-state index contributed by atoms with van der Waals surface area (Å²) in [4.78, 5) is 2.54. The Morgan fingerprint density at radius 3 is 3.00 bits per heavy atom. The van der Waals surface area contributed by atoms with Crippen LogP contribution in [0.5, 0.6) is 0 Å². The van der Waals surface area contributed by atoms with Gasteiger partial charge in [0.1, 0.15) is 0 Å². The van der Waals surface area contributed by atoms with E-state index in [0.29, 0.717) is 12.1 Å². The van der Waals surface area contributed by atoms with E-state index in [2.05, 4.69) is 29.4 Å². The van der Waals surface area contributed by atoms with Crippen LogP contribution in [0.25, 0.3) is 0 Å². The van der Waals surface area contributed by atoms with Crippen molar-refractivity contribution in [2.24, 2.45) is 0 Å². The van der Waals surface area contributed by atoms with Crippen molar-refractivity contribution in [1.82, 2.24) is 15.5 Å². The van der Waals surface area contributed by atoms with Gasteiger partial charge in [-0.25, -0.2) is 0 Å². The van der Waals surface area contributed by atoms with E-state index in [4.69, 9.17) is 0 Å². The number of likely N-dealkylation sites (N-methyl/N-ethyl adjacent to an activating group) is 1. The molecule has 3 nitrogen and oxygen atoms in total. The molecule has 2 atom stereocenters. The maximum Gasteiger partial charge on any atom is 0.0193 e. The van der Waals surface area contributed by atoms with Gasteiger partial charge in [-0.05, 0) is 20.9 Å². The molecule has 1 aliphatic heterocycles. The van der Waals surface area contributed by atoms with E-state index in [-0.39, 0.29) is 0 Å². The zero-order chi connectivity index (χ0) is 8.97. The number of hydrogen-bond donors (Lipinski definition) is 2. The van der Waals surface area contributed by atoms with E-state index in [1.807, 2.05) is 7.05 Å².